The average Bonchev–Trinajstić information content (AvgIpc) is 2.39. The Balaban J connectivity index is 2.25. The Morgan fingerprint density at radius 1 is 1.50 bits per heavy atom. The van der Waals surface area contributed by atoms with Gasteiger partial charge in [-0.2, -0.15) is 4.31 Å². The zero-order valence-electron chi connectivity index (χ0n) is 9.55. The van der Waals surface area contributed by atoms with Gasteiger partial charge in [-0.3, -0.25) is 0 Å². The monoisotopic (exact) mass is 353 g/mol. The van der Waals surface area contributed by atoms with Crippen LogP contribution in [-0.2, 0) is 14.8 Å². The van der Waals surface area contributed by atoms with E-state index in [0.29, 0.717) is 25.6 Å². The Morgan fingerprint density at radius 3 is 2.94 bits per heavy atom. The van der Waals surface area contributed by atoms with Crippen molar-refractivity contribution in [1.29, 1.82) is 0 Å². The van der Waals surface area contributed by atoms with Crippen LogP contribution in [-0.4, -0.2) is 44.4 Å². The van der Waals surface area contributed by atoms with Gasteiger partial charge in [0.05, 0.1) is 17.6 Å². The summed E-state index contributed by atoms with van der Waals surface area (Å²) in [6, 6.07) is 6.68. The highest BCUT2D eigenvalue weighted by molar-refractivity contribution is 9.10. The number of hydrogen-bond acceptors (Lipinski definition) is 3. The number of ether oxygens (including phenoxy) is 1. The third-order valence-corrected chi connectivity index (χ3v) is 5.41. The zero-order chi connectivity index (χ0) is 13.2. The molecule has 18 heavy (non-hydrogen) atoms. The summed E-state index contributed by atoms with van der Waals surface area (Å²) in [5, 5.41) is 0. The van der Waals surface area contributed by atoms with Gasteiger partial charge in [-0.15, -0.1) is 11.6 Å². The summed E-state index contributed by atoms with van der Waals surface area (Å²) < 4.78 is 32.3. The molecule has 1 atom stereocenters. The van der Waals surface area contributed by atoms with Crippen LogP contribution in [0.5, 0.6) is 0 Å². The van der Waals surface area contributed by atoms with E-state index in [2.05, 4.69) is 15.9 Å². The van der Waals surface area contributed by atoms with Gasteiger partial charge in [0.25, 0.3) is 0 Å². The van der Waals surface area contributed by atoms with Crippen LogP contribution in [0.25, 0.3) is 0 Å². The lowest BCUT2D eigenvalue weighted by molar-refractivity contribution is 0.0122. The predicted molar refractivity (Wildman–Crippen MR) is 73.4 cm³/mol. The third-order valence-electron chi connectivity index (χ3n) is 2.71. The zero-order valence-corrected chi connectivity index (χ0v) is 12.7. The second-order valence-electron chi connectivity index (χ2n) is 3.97. The van der Waals surface area contributed by atoms with Gasteiger partial charge in [-0.1, -0.05) is 22.0 Å². The lowest BCUT2D eigenvalue weighted by atomic mass is 10.3. The van der Waals surface area contributed by atoms with E-state index in [4.69, 9.17) is 16.3 Å². The number of hydrogen-bond donors (Lipinski definition) is 0. The quantitative estimate of drug-likeness (QED) is 0.781. The number of rotatable bonds is 3. The molecule has 1 unspecified atom stereocenters. The van der Waals surface area contributed by atoms with Gasteiger partial charge in [-0.05, 0) is 18.2 Å². The van der Waals surface area contributed by atoms with Crippen molar-refractivity contribution < 1.29 is 13.2 Å². The van der Waals surface area contributed by atoms with Gasteiger partial charge >= 0.3 is 0 Å². The van der Waals surface area contributed by atoms with E-state index in [-0.39, 0.29) is 11.0 Å². The van der Waals surface area contributed by atoms with Crippen molar-refractivity contribution in [3.05, 3.63) is 28.7 Å². The molecule has 100 valence electrons. The molecule has 1 aliphatic rings. The Labute approximate surface area is 120 Å². The Hall–Kier alpha value is -0.140. The molecular formula is C11H13BrClNO3S. The largest absolute Gasteiger partial charge is 0.374 e. The molecule has 0 N–H and O–H groups in total. The summed E-state index contributed by atoms with van der Waals surface area (Å²) in [6.45, 7) is 1.05. The summed E-state index contributed by atoms with van der Waals surface area (Å²) in [4.78, 5) is 0.284. The fourth-order valence-electron chi connectivity index (χ4n) is 1.78. The molecule has 7 heteroatoms. The van der Waals surface area contributed by atoms with Crippen LogP contribution in [0.3, 0.4) is 0 Å². The van der Waals surface area contributed by atoms with E-state index in [9.17, 15) is 8.42 Å². The number of morpholine rings is 1. The molecule has 2 rings (SSSR count). The molecule has 1 saturated heterocycles. The number of alkyl halides is 1. The second-order valence-corrected chi connectivity index (χ2v) is 7.13. The SMILES string of the molecule is O=S(=O)(c1cccc(Br)c1)N1CCOC(CCl)C1. The van der Waals surface area contributed by atoms with Crippen LogP contribution >= 0.6 is 27.5 Å². The Bertz CT molecular complexity index is 523. The van der Waals surface area contributed by atoms with Gasteiger partial charge in [-0.25, -0.2) is 8.42 Å². The average molecular weight is 355 g/mol. The highest BCUT2D eigenvalue weighted by Gasteiger charge is 2.30. The topological polar surface area (TPSA) is 46.6 Å². The van der Waals surface area contributed by atoms with Crippen molar-refractivity contribution in [2.45, 2.75) is 11.0 Å². The fraction of sp³-hybridized carbons (Fsp3) is 0.455. The third kappa shape index (κ3) is 3.05. The molecule has 0 aliphatic carbocycles. The molecule has 1 aromatic carbocycles. The smallest absolute Gasteiger partial charge is 0.243 e. The molecule has 0 amide bonds. The van der Waals surface area contributed by atoms with E-state index >= 15 is 0 Å². The van der Waals surface area contributed by atoms with Crippen LogP contribution in [0.2, 0.25) is 0 Å². The van der Waals surface area contributed by atoms with Crippen LogP contribution < -0.4 is 0 Å². The molecule has 0 spiro atoms. The van der Waals surface area contributed by atoms with Gasteiger partial charge < -0.3 is 4.74 Å². The summed E-state index contributed by atoms with van der Waals surface area (Å²) in [6.07, 6.45) is -0.234. The van der Waals surface area contributed by atoms with Crippen molar-refractivity contribution in [1.82, 2.24) is 4.31 Å². The maximum Gasteiger partial charge on any atom is 0.243 e. The van der Waals surface area contributed by atoms with Crippen molar-refractivity contribution in [3.63, 3.8) is 0 Å². The lowest BCUT2D eigenvalue weighted by Crippen LogP contribution is -2.46. The van der Waals surface area contributed by atoms with E-state index in [1.807, 2.05) is 0 Å². The normalized spacial score (nSPS) is 22.0. The highest BCUT2D eigenvalue weighted by atomic mass is 79.9. The maximum atomic E-state index is 12.4. The van der Waals surface area contributed by atoms with Crippen molar-refractivity contribution in [3.8, 4) is 0 Å². The predicted octanol–water partition coefficient (Wildman–Crippen LogP) is 2.08. The maximum absolute atomic E-state index is 12.4. The molecule has 1 aliphatic heterocycles. The number of halogens is 2. The minimum atomic E-state index is -3.46. The number of sulfonamides is 1. The highest BCUT2D eigenvalue weighted by Crippen LogP contribution is 2.22. The van der Waals surface area contributed by atoms with Gasteiger partial charge in [0, 0.05) is 23.4 Å². The van der Waals surface area contributed by atoms with Crippen molar-refractivity contribution in [2.75, 3.05) is 25.6 Å². The Morgan fingerprint density at radius 2 is 2.28 bits per heavy atom. The first-order chi connectivity index (χ1) is 8.54. The van der Waals surface area contributed by atoms with Gasteiger partial charge in [0.2, 0.25) is 10.0 Å². The van der Waals surface area contributed by atoms with Crippen molar-refractivity contribution in [2.24, 2.45) is 0 Å². The molecule has 0 radical (unpaired) electrons. The fourth-order valence-corrected chi connectivity index (χ4v) is 4.02. The molecule has 1 aromatic rings. The van der Waals surface area contributed by atoms with Crippen LogP contribution in [0.1, 0.15) is 0 Å². The Kier molecular flexibility index (Phi) is 4.66. The van der Waals surface area contributed by atoms with E-state index in [1.54, 1.807) is 24.3 Å². The van der Waals surface area contributed by atoms with E-state index in [1.165, 1.54) is 4.31 Å². The summed E-state index contributed by atoms with van der Waals surface area (Å²) >= 11 is 8.99. The first kappa shape index (κ1) is 14.3. The number of benzene rings is 1. The second kappa shape index (κ2) is 5.88. The van der Waals surface area contributed by atoms with Crippen LogP contribution in [0.15, 0.2) is 33.6 Å². The minimum absolute atomic E-state index is 0.234. The minimum Gasteiger partial charge on any atom is -0.374 e. The number of nitrogens with zero attached hydrogens (tertiary/aromatic N) is 1. The lowest BCUT2D eigenvalue weighted by Gasteiger charge is -2.31. The van der Waals surface area contributed by atoms with Crippen LogP contribution in [0, 0.1) is 0 Å². The standard InChI is InChI=1S/C11H13BrClNO3S/c12-9-2-1-3-11(6-9)18(15,16)14-4-5-17-10(7-13)8-14/h1-3,6,10H,4-5,7-8H2. The van der Waals surface area contributed by atoms with Crippen molar-refractivity contribution >= 4 is 37.6 Å². The molecule has 0 saturated carbocycles. The van der Waals surface area contributed by atoms with E-state index in [0.717, 1.165) is 4.47 Å². The molecule has 4 nitrogen and oxygen atoms in total. The molecule has 0 bridgehead atoms. The first-order valence-corrected chi connectivity index (χ1v) is 8.24. The summed E-state index contributed by atoms with van der Waals surface area (Å²) in [5.41, 5.74) is 0. The summed E-state index contributed by atoms with van der Waals surface area (Å²) in [7, 11) is -3.46. The van der Waals surface area contributed by atoms with Gasteiger partial charge in [0.1, 0.15) is 0 Å². The first-order valence-electron chi connectivity index (χ1n) is 5.47. The molecular weight excluding hydrogens is 342 g/mol. The molecule has 1 heterocycles. The summed E-state index contributed by atoms with van der Waals surface area (Å²) in [5.74, 6) is 0.296. The molecule has 0 aromatic heterocycles. The molecule has 1 fully saturated rings. The van der Waals surface area contributed by atoms with Crippen LogP contribution in [0.4, 0.5) is 0 Å². The van der Waals surface area contributed by atoms with E-state index < -0.39 is 10.0 Å². The van der Waals surface area contributed by atoms with Gasteiger partial charge in [0.15, 0.2) is 0 Å².